The number of nitrogens with two attached hydrogens (primary N) is 3. The van der Waals surface area contributed by atoms with E-state index >= 15 is 0 Å². The van der Waals surface area contributed by atoms with Crippen molar-refractivity contribution in [2.24, 2.45) is 29.0 Å². The van der Waals surface area contributed by atoms with E-state index in [9.17, 15) is 43.2 Å². The molecule has 8 unspecified atom stereocenters. The van der Waals surface area contributed by atoms with Crippen LogP contribution in [0.25, 0.3) is 10.9 Å². The molecule has 1 aliphatic rings. The SMILES string of the molecule is CC(C)CC(CN1CSCC1C(N)=O)NC(=O)C(Cc1cnc[nH]1)NC(=O)CNC(=O)C(NC(=O)C(C)NC(=O)C(Cc1c[nH]c2ccccc12)NC(=O)C(CCC(N)=O)NC(=O)C(N)Cc1ccccc1)C(C)C. The number of thioether (sulfide) groups is 1. The number of aromatic nitrogens is 3. The Morgan fingerprint density at radius 3 is 2.07 bits per heavy atom. The molecule has 15 N–H and O–H groups in total. The lowest BCUT2D eigenvalue weighted by molar-refractivity contribution is -0.135. The van der Waals surface area contributed by atoms with Crippen LogP contribution in [0, 0.1) is 11.8 Å². The highest BCUT2D eigenvalue weighted by Crippen LogP contribution is 2.23. The van der Waals surface area contributed by atoms with Crippen molar-refractivity contribution in [3.63, 3.8) is 0 Å². The van der Waals surface area contributed by atoms with E-state index in [0.29, 0.717) is 35.9 Å². The number of primary amides is 2. The Hall–Kier alpha value is -7.31. The number of amides is 9. The Balaban J connectivity index is 1.23. The van der Waals surface area contributed by atoms with Crippen LogP contribution >= 0.6 is 11.8 Å². The van der Waals surface area contributed by atoms with Crippen LogP contribution in [0.2, 0.25) is 0 Å². The predicted octanol–water partition coefficient (Wildman–Crippen LogP) is -0.881. The third-order valence-electron chi connectivity index (χ3n) is 12.6. The van der Waals surface area contributed by atoms with Gasteiger partial charge in [0.15, 0.2) is 0 Å². The van der Waals surface area contributed by atoms with Gasteiger partial charge in [-0.1, -0.05) is 76.2 Å². The van der Waals surface area contributed by atoms with Gasteiger partial charge in [0.05, 0.1) is 25.0 Å². The van der Waals surface area contributed by atoms with Crippen LogP contribution in [-0.2, 0) is 62.4 Å². The lowest BCUT2D eigenvalue weighted by Crippen LogP contribution is -2.59. The molecule has 1 aliphatic heterocycles. The zero-order valence-electron chi connectivity index (χ0n) is 43.0. The number of fused-ring (bicyclic) bond motifs is 1. The molecule has 8 atom stereocenters. The third kappa shape index (κ3) is 18.2. The average molecular weight is 1060 g/mol. The molecule has 1 saturated heterocycles. The molecule has 3 heterocycles. The maximum absolute atomic E-state index is 14.2. The quantitative estimate of drug-likeness (QED) is 0.0315. The standard InChI is InChI=1S/C51H72N14O9S/c1-28(2)17-34(24-65-27-75-25-41(65)45(54)68)60-50(73)40(20-33-22-55-26-58-33)61-43(67)23-57-51(74)44(29(3)4)64-46(69)30(5)59-49(72)39(19-32-21-56-37-14-10-9-13-35(32)37)63-48(71)38(15-16-42(53)66)62-47(70)36(52)18-31-11-7-6-8-12-31/h6-14,21-22,26,28-30,34,36,38-41,44,56H,15-20,23-25,27,52H2,1-5H3,(H2,53,66)(H2,54,68)(H,55,58)(H,57,74)(H,59,72)(H,60,73)(H,61,67)(H,62,70)(H,63,71)(H,64,69). The summed E-state index contributed by atoms with van der Waals surface area (Å²) in [4.78, 5) is 132. The molecule has 0 saturated carbocycles. The number of carbonyl (C=O) groups excluding carboxylic acids is 9. The van der Waals surface area contributed by atoms with E-state index in [1.165, 1.54) is 19.4 Å². The first kappa shape index (κ1) is 58.6. The molecule has 24 heteroatoms. The zero-order chi connectivity index (χ0) is 54.8. The maximum atomic E-state index is 14.2. The molecule has 406 valence electrons. The number of nitrogens with zero attached hydrogens (tertiary/aromatic N) is 2. The molecule has 9 amide bonds. The highest BCUT2D eigenvalue weighted by Gasteiger charge is 2.35. The molecular formula is C51H72N14O9S. The molecule has 2 aromatic heterocycles. The minimum Gasteiger partial charge on any atom is -0.370 e. The number of hydrogen-bond donors (Lipinski definition) is 12. The van der Waals surface area contributed by atoms with Gasteiger partial charge >= 0.3 is 0 Å². The van der Waals surface area contributed by atoms with Crippen LogP contribution in [0.4, 0.5) is 0 Å². The van der Waals surface area contributed by atoms with Crippen molar-refractivity contribution in [2.75, 3.05) is 24.7 Å². The van der Waals surface area contributed by atoms with Crippen LogP contribution in [0.5, 0.6) is 0 Å². The number of nitrogens with one attached hydrogen (secondary N) is 9. The van der Waals surface area contributed by atoms with Crippen molar-refractivity contribution in [3.8, 4) is 0 Å². The highest BCUT2D eigenvalue weighted by atomic mass is 32.2. The maximum Gasteiger partial charge on any atom is 0.243 e. The first-order chi connectivity index (χ1) is 35.7. The fourth-order valence-corrected chi connectivity index (χ4v) is 9.81. The van der Waals surface area contributed by atoms with Gasteiger partial charge in [-0.25, -0.2) is 4.98 Å². The Kier molecular flexibility index (Phi) is 22.2. The number of carbonyl (C=O) groups is 9. The molecule has 0 bridgehead atoms. The number of hydrogen-bond acceptors (Lipinski definition) is 13. The minimum absolute atomic E-state index is 0.0420. The van der Waals surface area contributed by atoms with Crippen molar-refractivity contribution in [2.45, 2.75) is 121 Å². The van der Waals surface area contributed by atoms with E-state index in [2.05, 4.69) is 52.2 Å². The number of benzene rings is 2. The molecule has 75 heavy (non-hydrogen) atoms. The summed E-state index contributed by atoms with van der Waals surface area (Å²) in [5, 5.41) is 19.7. The normalized spacial score (nSPS) is 16.4. The van der Waals surface area contributed by atoms with Gasteiger partial charge in [0.25, 0.3) is 0 Å². The Bertz CT molecular complexity index is 2590. The van der Waals surface area contributed by atoms with E-state index < -0.39 is 108 Å². The Morgan fingerprint density at radius 1 is 0.733 bits per heavy atom. The van der Waals surface area contributed by atoms with Crippen molar-refractivity contribution in [1.82, 2.24) is 57.1 Å². The Morgan fingerprint density at radius 2 is 1.40 bits per heavy atom. The molecule has 1 fully saturated rings. The topological polar surface area (TPSA) is 364 Å². The second kappa shape index (κ2) is 28.4. The van der Waals surface area contributed by atoms with Crippen LogP contribution in [0.15, 0.2) is 73.3 Å². The first-order valence-electron chi connectivity index (χ1n) is 25.0. The van der Waals surface area contributed by atoms with Crippen LogP contribution in [0.3, 0.4) is 0 Å². The van der Waals surface area contributed by atoms with Crippen molar-refractivity contribution in [3.05, 3.63) is 90.1 Å². The number of imidazole rings is 1. The highest BCUT2D eigenvalue weighted by molar-refractivity contribution is 7.99. The van der Waals surface area contributed by atoms with E-state index in [0.717, 1.165) is 16.5 Å². The van der Waals surface area contributed by atoms with Gasteiger partial charge in [0, 0.05) is 72.5 Å². The van der Waals surface area contributed by atoms with Crippen LogP contribution < -0.4 is 54.4 Å². The Labute approximate surface area is 439 Å². The summed E-state index contributed by atoms with van der Waals surface area (Å²) in [5.74, 6) is -5.31. The summed E-state index contributed by atoms with van der Waals surface area (Å²) in [6.07, 6.45) is 4.88. The third-order valence-corrected chi connectivity index (χ3v) is 13.7. The zero-order valence-corrected chi connectivity index (χ0v) is 43.8. The lowest BCUT2D eigenvalue weighted by atomic mass is 10.0. The van der Waals surface area contributed by atoms with Crippen molar-refractivity contribution in [1.29, 1.82) is 0 Å². The molecule has 0 spiro atoms. The van der Waals surface area contributed by atoms with Gasteiger partial charge in [-0.05, 0) is 55.2 Å². The van der Waals surface area contributed by atoms with Crippen LogP contribution in [-0.4, -0.2) is 146 Å². The second-order valence-corrected chi connectivity index (χ2v) is 20.6. The van der Waals surface area contributed by atoms with Gasteiger partial charge < -0.3 is 64.4 Å². The van der Waals surface area contributed by atoms with E-state index in [1.54, 1.807) is 56.1 Å². The molecule has 0 radical (unpaired) electrons. The van der Waals surface area contributed by atoms with Gasteiger partial charge in [0.2, 0.25) is 53.2 Å². The van der Waals surface area contributed by atoms with Gasteiger partial charge in [-0.3, -0.25) is 48.1 Å². The average Bonchev–Trinajstić information content (AvgIpc) is 4.15. The number of rotatable bonds is 29. The van der Waals surface area contributed by atoms with E-state index in [1.807, 2.05) is 49.1 Å². The largest absolute Gasteiger partial charge is 0.370 e. The molecular weight excluding hydrogens is 985 g/mol. The predicted molar refractivity (Wildman–Crippen MR) is 282 cm³/mol. The molecule has 2 aromatic carbocycles. The summed E-state index contributed by atoms with van der Waals surface area (Å²) < 4.78 is 0. The summed E-state index contributed by atoms with van der Waals surface area (Å²) >= 11 is 1.57. The summed E-state index contributed by atoms with van der Waals surface area (Å²) in [7, 11) is 0. The number of H-pyrrole nitrogens is 2. The van der Waals surface area contributed by atoms with Gasteiger partial charge in [0.1, 0.15) is 30.2 Å². The summed E-state index contributed by atoms with van der Waals surface area (Å²) in [6.45, 7) is 8.56. The molecule has 0 aliphatic carbocycles. The molecule has 5 rings (SSSR count). The number of aromatic amines is 2. The summed E-state index contributed by atoms with van der Waals surface area (Å²) in [6, 6.07) is 8.18. The molecule has 23 nitrogen and oxygen atoms in total. The smallest absolute Gasteiger partial charge is 0.243 e. The van der Waals surface area contributed by atoms with Gasteiger partial charge in [-0.15, -0.1) is 11.8 Å². The first-order valence-corrected chi connectivity index (χ1v) is 26.1. The minimum atomic E-state index is -1.33. The summed E-state index contributed by atoms with van der Waals surface area (Å²) in [5.41, 5.74) is 20.1. The fourth-order valence-electron chi connectivity index (χ4n) is 8.59. The monoisotopic (exact) mass is 1060 g/mol. The van der Waals surface area contributed by atoms with Crippen LogP contribution in [0.1, 0.15) is 70.7 Å². The second-order valence-electron chi connectivity index (χ2n) is 19.6. The van der Waals surface area contributed by atoms with Crippen molar-refractivity contribution < 1.29 is 43.2 Å². The van der Waals surface area contributed by atoms with Crippen molar-refractivity contribution >= 4 is 75.8 Å². The van der Waals surface area contributed by atoms with Gasteiger partial charge in [-0.2, -0.15) is 0 Å². The van der Waals surface area contributed by atoms with E-state index in [4.69, 9.17) is 17.2 Å². The fraction of sp³-hybridized carbons (Fsp3) is 0.490. The van der Waals surface area contributed by atoms with E-state index in [-0.39, 0.29) is 44.1 Å². The lowest BCUT2D eigenvalue weighted by Gasteiger charge is -2.30. The number of para-hydroxylation sites is 1. The molecule has 4 aromatic rings.